The van der Waals surface area contributed by atoms with Gasteiger partial charge < -0.3 is 15.4 Å². The molecule has 5 heteroatoms. The normalized spacial score (nSPS) is 12.2. The maximum Gasteiger partial charge on any atom is 0.224 e. The van der Waals surface area contributed by atoms with E-state index in [0.717, 1.165) is 0 Å². The summed E-state index contributed by atoms with van der Waals surface area (Å²) in [4.78, 5) is 13.5. The molecule has 0 spiro atoms. The number of carbonyl (C=O) groups excluding carboxylic acids is 1. The first-order chi connectivity index (χ1) is 6.49. The lowest BCUT2D eigenvalue weighted by atomic mass is 10.1. The highest BCUT2D eigenvalue weighted by atomic mass is 32.1. The molecule has 0 aromatic carbocycles. The lowest BCUT2D eigenvalue weighted by Gasteiger charge is -2.20. The lowest BCUT2D eigenvalue weighted by Crippen LogP contribution is -2.35. The molecule has 0 heterocycles. The van der Waals surface area contributed by atoms with E-state index in [2.05, 4.69) is 0 Å². The van der Waals surface area contributed by atoms with Crippen LogP contribution in [-0.4, -0.2) is 43.1 Å². The highest BCUT2D eigenvalue weighted by Crippen LogP contribution is 2.00. The van der Waals surface area contributed by atoms with Crippen molar-refractivity contribution in [2.45, 2.75) is 13.3 Å². The number of hydrogen-bond acceptors (Lipinski definition) is 3. The fourth-order valence-corrected chi connectivity index (χ4v) is 1.06. The van der Waals surface area contributed by atoms with Gasteiger partial charge in [0.05, 0.1) is 18.0 Å². The summed E-state index contributed by atoms with van der Waals surface area (Å²) in [5.74, 6) is 0.108. The Morgan fingerprint density at radius 1 is 1.64 bits per heavy atom. The Hall–Kier alpha value is -0.680. The fourth-order valence-electron chi connectivity index (χ4n) is 0.983. The molecule has 1 amide bonds. The van der Waals surface area contributed by atoms with Crippen LogP contribution in [-0.2, 0) is 9.53 Å². The van der Waals surface area contributed by atoms with Crippen LogP contribution in [0.5, 0.6) is 0 Å². The number of ether oxygens (including phenoxy) is 1. The molecular formula is C9H18N2O2S. The summed E-state index contributed by atoms with van der Waals surface area (Å²) in [6.45, 7) is 2.92. The molecule has 14 heavy (non-hydrogen) atoms. The van der Waals surface area contributed by atoms with Crippen LogP contribution >= 0.6 is 12.2 Å². The number of hydrogen-bond donors (Lipinski definition) is 1. The number of nitrogens with zero attached hydrogens (tertiary/aromatic N) is 1. The zero-order valence-electron chi connectivity index (χ0n) is 8.95. The third-order valence-corrected chi connectivity index (χ3v) is 2.38. The zero-order chi connectivity index (χ0) is 11.1. The third-order valence-electron chi connectivity index (χ3n) is 1.98. The Kier molecular flexibility index (Phi) is 6.40. The monoisotopic (exact) mass is 218 g/mol. The van der Waals surface area contributed by atoms with Crippen LogP contribution in [0.3, 0.4) is 0 Å². The first-order valence-corrected chi connectivity index (χ1v) is 4.92. The van der Waals surface area contributed by atoms with E-state index in [0.29, 0.717) is 24.6 Å². The minimum atomic E-state index is 0.0509. The molecule has 1 unspecified atom stereocenters. The van der Waals surface area contributed by atoms with Gasteiger partial charge in [0.1, 0.15) is 0 Å². The number of methoxy groups -OCH3 is 1. The maximum atomic E-state index is 11.4. The molecular weight excluding hydrogens is 200 g/mol. The quantitative estimate of drug-likeness (QED) is 0.656. The number of carbonyl (C=O) groups is 1. The van der Waals surface area contributed by atoms with Gasteiger partial charge in [-0.3, -0.25) is 4.79 Å². The van der Waals surface area contributed by atoms with Gasteiger partial charge in [0.2, 0.25) is 5.91 Å². The van der Waals surface area contributed by atoms with E-state index in [-0.39, 0.29) is 11.8 Å². The summed E-state index contributed by atoms with van der Waals surface area (Å²) in [5.41, 5.74) is 5.45. The predicted molar refractivity (Wildman–Crippen MR) is 60.1 cm³/mol. The van der Waals surface area contributed by atoms with Crippen molar-refractivity contribution in [3.63, 3.8) is 0 Å². The van der Waals surface area contributed by atoms with E-state index in [9.17, 15) is 4.79 Å². The number of nitrogens with two attached hydrogens (primary N) is 1. The summed E-state index contributed by atoms with van der Waals surface area (Å²) in [5, 5.41) is 0. The molecule has 0 rings (SSSR count). The van der Waals surface area contributed by atoms with E-state index in [1.54, 1.807) is 19.1 Å². The molecule has 0 aromatic rings. The second-order valence-electron chi connectivity index (χ2n) is 3.32. The molecule has 0 saturated heterocycles. The molecule has 0 saturated carbocycles. The van der Waals surface area contributed by atoms with Crippen molar-refractivity contribution >= 4 is 23.1 Å². The smallest absolute Gasteiger partial charge is 0.224 e. The first-order valence-electron chi connectivity index (χ1n) is 4.51. The highest BCUT2D eigenvalue weighted by molar-refractivity contribution is 7.80. The van der Waals surface area contributed by atoms with Crippen LogP contribution in [0.2, 0.25) is 0 Å². The Labute approximate surface area is 90.4 Å². The van der Waals surface area contributed by atoms with Gasteiger partial charge in [-0.1, -0.05) is 19.1 Å². The average Bonchev–Trinajstić information content (AvgIpc) is 2.13. The number of rotatable bonds is 6. The lowest BCUT2D eigenvalue weighted by molar-refractivity contribution is -0.131. The summed E-state index contributed by atoms with van der Waals surface area (Å²) in [6.07, 6.45) is 0.400. The van der Waals surface area contributed by atoms with Crippen molar-refractivity contribution in [1.82, 2.24) is 4.90 Å². The summed E-state index contributed by atoms with van der Waals surface area (Å²) < 4.78 is 4.82. The SMILES string of the molecule is COCCC(=O)N(C)CC(C)C(N)=S. The maximum absolute atomic E-state index is 11.4. The van der Waals surface area contributed by atoms with Crippen molar-refractivity contribution in [3.8, 4) is 0 Å². The van der Waals surface area contributed by atoms with Gasteiger partial charge in [0.25, 0.3) is 0 Å². The molecule has 4 nitrogen and oxygen atoms in total. The Bertz CT molecular complexity index is 209. The summed E-state index contributed by atoms with van der Waals surface area (Å²) in [6, 6.07) is 0. The van der Waals surface area contributed by atoms with Crippen LogP contribution in [0.15, 0.2) is 0 Å². The molecule has 82 valence electrons. The second-order valence-corrected chi connectivity index (χ2v) is 3.79. The average molecular weight is 218 g/mol. The Morgan fingerprint density at radius 2 is 2.21 bits per heavy atom. The highest BCUT2D eigenvalue weighted by Gasteiger charge is 2.13. The topological polar surface area (TPSA) is 55.6 Å². The Morgan fingerprint density at radius 3 is 2.64 bits per heavy atom. The van der Waals surface area contributed by atoms with Gasteiger partial charge in [-0.05, 0) is 0 Å². The van der Waals surface area contributed by atoms with Gasteiger partial charge in [0.15, 0.2) is 0 Å². The second kappa shape index (κ2) is 6.73. The molecule has 0 radical (unpaired) electrons. The van der Waals surface area contributed by atoms with E-state index in [4.69, 9.17) is 22.7 Å². The van der Waals surface area contributed by atoms with Gasteiger partial charge in [-0.2, -0.15) is 0 Å². The number of amides is 1. The van der Waals surface area contributed by atoms with Crippen LogP contribution in [0.25, 0.3) is 0 Å². The van der Waals surface area contributed by atoms with Crippen molar-refractivity contribution in [1.29, 1.82) is 0 Å². The van der Waals surface area contributed by atoms with Gasteiger partial charge in [-0.25, -0.2) is 0 Å². The Balaban J connectivity index is 3.88. The fraction of sp³-hybridized carbons (Fsp3) is 0.778. The molecule has 0 fully saturated rings. The molecule has 0 aliphatic heterocycles. The largest absolute Gasteiger partial charge is 0.393 e. The van der Waals surface area contributed by atoms with Gasteiger partial charge in [-0.15, -0.1) is 0 Å². The molecule has 0 aliphatic rings. The van der Waals surface area contributed by atoms with E-state index in [1.165, 1.54) is 0 Å². The first kappa shape index (κ1) is 13.3. The van der Waals surface area contributed by atoms with E-state index >= 15 is 0 Å². The molecule has 1 atom stereocenters. The molecule has 0 aliphatic carbocycles. The third kappa shape index (κ3) is 5.14. The van der Waals surface area contributed by atoms with E-state index in [1.807, 2.05) is 6.92 Å². The van der Waals surface area contributed by atoms with E-state index < -0.39 is 0 Å². The standard InChI is InChI=1S/C9H18N2O2S/c1-7(9(10)14)6-11(2)8(12)4-5-13-3/h7H,4-6H2,1-3H3,(H2,10,14). The van der Waals surface area contributed by atoms with Crippen molar-refractivity contribution in [3.05, 3.63) is 0 Å². The minimum Gasteiger partial charge on any atom is -0.393 e. The summed E-state index contributed by atoms with van der Waals surface area (Å²) >= 11 is 4.83. The van der Waals surface area contributed by atoms with Crippen LogP contribution in [0.4, 0.5) is 0 Å². The van der Waals surface area contributed by atoms with Crippen LogP contribution in [0, 0.1) is 5.92 Å². The van der Waals surface area contributed by atoms with Crippen molar-refractivity contribution < 1.29 is 9.53 Å². The van der Waals surface area contributed by atoms with Crippen molar-refractivity contribution in [2.75, 3.05) is 27.3 Å². The molecule has 0 aromatic heterocycles. The van der Waals surface area contributed by atoms with Crippen LogP contribution < -0.4 is 5.73 Å². The summed E-state index contributed by atoms with van der Waals surface area (Å²) in [7, 11) is 3.32. The van der Waals surface area contributed by atoms with Gasteiger partial charge in [0, 0.05) is 26.6 Å². The van der Waals surface area contributed by atoms with Gasteiger partial charge >= 0.3 is 0 Å². The predicted octanol–water partition coefficient (Wildman–Crippen LogP) is 0.404. The minimum absolute atomic E-state index is 0.0509. The zero-order valence-corrected chi connectivity index (χ0v) is 9.76. The number of thiocarbonyl (C=S) groups is 1. The molecule has 0 bridgehead atoms. The van der Waals surface area contributed by atoms with Crippen LogP contribution in [0.1, 0.15) is 13.3 Å². The van der Waals surface area contributed by atoms with Crippen molar-refractivity contribution in [2.24, 2.45) is 11.7 Å². The molecule has 2 N–H and O–H groups in total.